The van der Waals surface area contributed by atoms with Crippen LogP contribution >= 0.6 is 11.3 Å². The van der Waals surface area contributed by atoms with E-state index in [2.05, 4.69) is 5.32 Å². The van der Waals surface area contributed by atoms with Crippen molar-refractivity contribution in [3.05, 3.63) is 45.8 Å². The minimum absolute atomic E-state index is 0.0376. The summed E-state index contributed by atoms with van der Waals surface area (Å²) in [6.07, 6.45) is -0.432. The molecule has 174 valence electrons. The molecule has 3 rings (SSSR count). The molecule has 8 nitrogen and oxygen atoms in total. The molecule has 2 aromatic rings. The van der Waals surface area contributed by atoms with Crippen LogP contribution < -0.4 is 5.32 Å². The number of amides is 1. The molecule has 1 aliphatic heterocycles. The second kappa shape index (κ2) is 9.70. The molecular weight excluding hydrogens is 452 g/mol. The van der Waals surface area contributed by atoms with Crippen molar-refractivity contribution < 1.29 is 27.5 Å². The summed E-state index contributed by atoms with van der Waals surface area (Å²) in [5, 5.41) is 3.13. The molecule has 32 heavy (non-hydrogen) atoms. The van der Waals surface area contributed by atoms with Crippen LogP contribution in [0.1, 0.15) is 51.9 Å². The summed E-state index contributed by atoms with van der Waals surface area (Å²) in [7, 11) is -3.79. The van der Waals surface area contributed by atoms with E-state index >= 15 is 0 Å². The fourth-order valence-electron chi connectivity index (χ4n) is 3.61. The summed E-state index contributed by atoms with van der Waals surface area (Å²) in [5.74, 6) is -1.01. The van der Waals surface area contributed by atoms with Crippen LogP contribution in [-0.2, 0) is 19.5 Å². The Hall–Kier alpha value is -2.27. The fraction of sp³-hybridized carbons (Fsp3) is 0.455. The number of nitrogens with one attached hydrogen (secondary N) is 1. The van der Waals surface area contributed by atoms with Gasteiger partial charge >= 0.3 is 5.97 Å². The van der Waals surface area contributed by atoms with Crippen molar-refractivity contribution in [2.45, 2.75) is 51.7 Å². The lowest BCUT2D eigenvalue weighted by molar-refractivity contribution is -0.0440. The van der Waals surface area contributed by atoms with Crippen molar-refractivity contribution in [2.75, 3.05) is 25.0 Å². The van der Waals surface area contributed by atoms with E-state index in [0.717, 1.165) is 10.4 Å². The molecule has 1 N–H and O–H groups in total. The number of aryl methyl sites for hydroxylation is 1. The first-order valence-corrected chi connectivity index (χ1v) is 12.6. The van der Waals surface area contributed by atoms with E-state index in [1.165, 1.54) is 39.9 Å². The number of thiophene rings is 1. The highest BCUT2D eigenvalue weighted by atomic mass is 32.2. The number of hydrogen-bond donors (Lipinski definition) is 1. The predicted octanol–water partition coefficient (Wildman–Crippen LogP) is 3.59. The smallest absolute Gasteiger partial charge is 0.341 e. The molecule has 0 bridgehead atoms. The molecule has 1 saturated heterocycles. The lowest BCUT2D eigenvalue weighted by Crippen LogP contribution is -2.48. The fourth-order valence-corrected chi connectivity index (χ4v) is 6.29. The Balaban J connectivity index is 1.87. The Morgan fingerprint density at radius 3 is 2.50 bits per heavy atom. The van der Waals surface area contributed by atoms with E-state index in [0.29, 0.717) is 10.6 Å². The van der Waals surface area contributed by atoms with Gasteiger partial charge in [0, 0.05) is 23.5 Å². The number of nitrogens with zero attached hydrogens (tertiary/aromatic N) is 1. The average molecular weight is 481 g/mol. The Labute approximate surface area is 192 Å². The molecule has 10 heteroatoms. The number of esters is 1. The monoisotopic (exact) mass is 480 g/mol. The highest BCUT2D eigenvalue weighted by molar-refractivity contribution is 7.89. The summed E-state index contributed by atoms with van der Waals surface area (Å²) in [4.78, 5) is 26.2. The molecule has 0 spiro atoms. The van der Waals surface area contributed by atoms with Crippen molar-refractivity contribution >= 4 is 38.2 Å². The van der Waals surface area contributed by atoms with Crippen LogP contribution in [0.5, 0.6) is 0 Å². The standard InChI is InChI=1S/C22H28N2O6S2/c1-6-29-22(26)19-15(4)16(5)31-21(19)23-20(25)17-8-7-9-18(10-17)32(27,28)24-11-13(2)30-14(3)12-24/h7-10,13-14H,6,11-12H2,1-5H3,(H,23,25)/t13-,14+. The summed E-state index contributed by atoms with van der Waals surface area (Å²) < 4.78 is 38.4. The van der Waals surface area contributed by atoms with E-state index < -0.39 is 21.9 Å². The number of ether oxygens (including phenoxy) is 2. The second-order valence-electron chi connectivity index (χ2n) is 7.77. The topological polar surface area (TPSA) is 102 Å². The molecular formula is C22H28N2O6S2. The Morgan fingerprint density at radius 1 is 1.22 bits per heavy atom. The summed E-state index contributed by atoms with van der Waals surface area (Å²) in [6, 6.07) is 5.90. The van der Waals surface area contributed by atoms with Crippen LogP contribution in [0.15, 0.2) is 29.2 Å². The van der Waals surface area contributed by atoms with Crippen molar-refractivity contribution in [3.8, 4) is 0 Å². The van der Waals surface area contributed by atoms with Crippen molar-refractivity contribution in [1.29, 1.82) is 0 Å². The van der Waals surface area contributed by atoms with Gasteiger partial charge in [-0.1, -0.05) is 6.07 Å². The third-order valence-electron chi connectivity index (χ3n) is 5.21. The number of carbonyl (C=O) groups excluding carboxylic acids is 2. The van der Waals surface area contributed by atoms with E-state index in [1.54, 1.807) is 13.8 Å². The summed E-state index contributed by atoms with van der Waals surface area (Å²) >= 11 is 1.28. The van der Waals surface area contributed by atoms with E-state index in [9.17, 15) is 18.0 Å². The van der Waals surface area contributed by atoms with Gasteiger partial charge in [0.05, 0.1) is 29.3 Å². The number of hydrogen-bond acceptors (Lipinski definition) is 7. The van der Waals surface area contributed by atoms with Gasteiger partial charge in [-0.25, -0.2) is 13.2 Å². The quantitative estimate of drug-likeness (QED) is 0.634. The summed E-state index contributed by atoms with van der Waals surface area (Å²) in [6.45, 7) is 9.74. The van der Waals surface area contributed by atoms with Gasteiger partial charge in [-0.15, -0.1) is 11.3 Å². The highest BCUT2D eigenvalue weighted by Gasteiger charge is 2.32. The molecule has 1 amide bonds. The molecule has 1 aromatic heterocycles. The SMILES string of the molecule is CCOC(=O)c1c(NC(=O)c2cccc(S(=O)(=O)N3C[C@@H](C)O[C@@H](C)C3)c2)sc(C)c1C. The van der Waals surface area contributed by atoms with E-state index in [-0.39, 0.29) is 42.4 Å². The van der Waals surface area contributed by atoms with Gasteiger partial charge in [0.15, 0.2) is 0 Å². The number of carbonyl (C=O) groups is 2. The molecule has 2 heterocycles. The molecule has 2 atom stereocenters. The minimum Gasteiger partial charge on any atom is -0.462 e. The second-order valence-corrected chi connectivity index (χ2v) is 10.9. The normalized spacial score (nSPS) is 19.5. The number of sulfonamides is 1. The van der Waals surface area contributed by atoms with Crippen LogP contribution in [-0.4, -0.2) is 56.5 Å². The molecule has 0 saturated carbocycles. The van der Waals surface area contributed by atoms with E-state index in [1.807, 2.05) is 20.8 Å². The van der Waals surface area contributed by atoms with Gasteiger partial charge in [0.2, 0.25) is 10.0 Å². The number of rotatable bonds is 6. The molecule has 0 unspecified atom stereocenters. The molecule has 0 radical (unpaired) electrons. The maximum atomic E-state index is 13.2. The first kappa shape index (κ1) is 24.4. The molecule has 1 aromatic carbocycles. The highest BCUT2D eigenvalue weighted by Crippen LogP contribution is 2.33. The van der Waals surface area contributed by atoms with E-state index in [4.69, 9.17) is 9.47 Å². The van der Waals surface area contributed by atoms with Gasteiger partial charge in [-0.3, -0.25) is 4.79 Å². The first-order valence-electron chi connectivity index (χ1n) is 10.4. The van der Waals surface area contributed by atoms with Crippen LogP contribution in [0, 0.1) is 13.8 Å². The number of anilines is 1. The minimum atomic E-state index is -3.79. The Morgan fingerprint density at radius 2 is 1.88 bits per heavy atom. The van der Waals surface area contributed by atoms with Crippen LogP contribution in [0.25, 0.3) is 0 Å². The maximum absolute atomic E-state index is 13.2. The maximum Gasteiger partial charge on any atom is 0.341 e. The average Bonchev–Trinajstić information content (AvgIpc) is 3.00. The van der Waals surface area contributed by atoms with Gasteiger partial charge in [0.25, 0.3) is 5.91 Å². The largest absolute Gasteiger partial charge is 0.462 e. The van der Waals surface area contributed by atoms with Gasteiger partial charge in [-0.05, 0) is 58.4 Å². The Kier molecular flexibility index (Phi) is 7.39. The third kappa shape index (κ3) is 5.03. The van der Waals surface area contributed by atoms with Crippen LogP contribution in [0.4, 0.5) is 5.00 Å². The number of morpholine rings is 1. The zero-order chi connectivity index (χ0) is 23.6. The number of benzene rings is 1. The van der Waals surface area contributed by atoms with Crippen LogP contribution in [0.3, 0.4) is 0 Å². The zero-order valence-corrected chi connectivity index (χ0v) is 20.4. The summed E-state index contributed by atoms with van der Waals surface area (Å²) in [5.41, 5.74) is 1.25. The van der Waals surface area contributed by atoms with Gasteiger partial charge in [0.1, 0.15) is 5.00 Å². The van der Waals surface area contributed by atoms with Gasteiger partial charge < -0.3 is 14.8 Å². The molecule has 1 fully saturated rings. The molecule has 1 aliphatic rings. The Bertz CT molecular complexity index is 1120. The van der Waals surface area contributed by atoms with Crippen molar-refractivity contribution in [2.24, 2.45) is 0 Å². The predicted molar refractivity (Wildman–Crippen MR) is 123 cm³/mol. The van der Waals surface area contributed by atoms with Crippen LogP contribution in [0.2, 0.25) is 0 Å². The van der Waals surface area contributed by atoms with Gasteiger partial charge in [-0.2, -0.15) is 4.31 Å². The lowest BCUT2D eigenvalue weighted by Gasteiger charge is -2.34. The van der Waals surface area contributed by atoms with Crippen molar-refractivity contribution in [1.82, 2.24) is 4.31 Å². The third-order valence-corrected chi connectivity index (χ3v) is 8.16. The first-order chi connectivity index (χ1) is 15.0. The zero-order valence-electron chi connectivity index (χ0n) is 18.8. The lowest BCUT2D eigenvalue weighted by atomic mass is 10.1. The molecule has 0 aliphatic carbocycles. The van der Waals surface area contributed by atoms with Crippen molar-refractivity contribution in [3.63, 3.8) is 0 Å².